The van der Waals surface area contributed by atoms with Crippen LogP contribution in [0.25, 0.3) is 6.08 Å². The Labute approximate surface area is 157 Å². The predicted octanol–water partition coefficient (Wildman–Crippen LogP) is 3.79. The number of methoxy groups -OCH3 is 2. The molecule has 1 aliphatic rings. The Balaban J connectivity index is 1.97. The average molecular weight is 453 g/mol. The normalized spacial score (nSPS) is 15.1. The van der Waals surface area contributed by atoms with Crippen LogP contribution in [0.5, 0.6) is 11.5 Å². The molecule has 1 aliphatic heterocycles. The van der Waals surface area contributed by atoms with Crippen molar-refractivity contribution in [3.63, 3.8) is 0 Å². The van der Waals surface area contributed by atoms with Gasteiger partial charge in [-0.1, -0.05) is 0 Å². The van der Waals surface area contributed by atoms with E-state index in [1.54, 1.807) is 26.4 Å². The number of cyclic esters (lactones) is 1. The van der Waals surface area contributed by atoms with Gasteiger partial charge in [-0.15, -0.1) is 0 Å². The number of ether oxygens (including phenoxy) is 3. The fraction of sp³-hybridized carbons (Fsp3) is 0.111. The van der Waals surface area contributed by atoms with Gasteiger partial charge in [0, 0.05) is 5.56 Å². The highest BCUT2D eigenvalue weighted by molar-refractivity contribution is 14.1. The Bertz CT molecular complexity index is 891. The lowest BCUT2D eigenvalue weighted by Gasteiger charge is -2.10. The second kappa shape index (κ2) is 7.22. The molecule has 0 atom stereocenters. The molecule has 1 heterocycles. The molecular weight excluding hydrogens is 440 g/mol. The fourth-order valence-electron chi connectivity index (χ4n) is 2.30. The Morgan fingerprint density at radius 3 is 2.52 bits per heavy atom. The summed E-state index contributed by atoms with van der Waals surface area (Å²) in [7, 11) is 3.10. The van der Waals surface area contributed by atoms with Crippen LogP contribution in [0.1, 0.15) is 11.1 Å². The minimum atomic E-state index is -0.566. The van der Waals surface area contributed by atoms with E-state index in [9.17, 15) is 9.18 Å². The second-order valence-corrected chi connectivity index (χ2v) is 6.24. The van der Waals surface area contributed by atoms with E-state index in [0.29, 0.717) is 17.1 Å². The number of hydrogen-bond acceptors (Lipinski definition) is 5. The van der Waals surface area contributed by atoms with E-state index >= 15 is 0 Å². The second-order valence-electron chi connectivity index (χ2n) is 5.08. The summed E-state index contributed by atoms with van der Waals surface area (Å²) >= 11 is 2.12. The number of nitrogens with zero attached hydrogens (tertiary/aromatic N) is 1. The summed E-state index contributed by atoms with van der Waals surface area (Å²) in [5, 5.41) is 0. The average Bonchev–Trinajstić information content (AvgIpc) is 2.95. The van der Waals surface area contributed by atoms with Crippen molar-refractivity contribution in [3.05, 3.63) is 62.6 Å². The summed E-state index contributed by atoms with van der Waals surface area (Å²) < 4.78 is 29.6. The zero-order chi connectivity index (χ0) is 18.0. The van der Waals surface area contributed by atoms with Crippen LogP contribution in [-0.2, 0) is 9.53 Å². The first-order chi connectivity index (χ1) is 12.0. The minimum absolute atomic E-state index is 0.145. The minimum Gasteiger partial charge on any atom is -0.493 e. The molecule has 0 amide bonds. The maximum Gasteiger partial charge on any atom is 0.363 e. The zero-order valence-electron chi connectivity index (χ0n) is 13.4. The Kier molecular flexibility index (Phi) is 5.03. The molecule has 0 aliphatic carbocycles. The van der Waals surface area contributed by atoms with Gasteiger partial charge in [-0.2, -0.15) is 0 Å². The highest BCUT2D eigenvalue weighted by Crippen LogP contribution is 2.34. The number of esters is 1. The quantitative estimate of drug-likeness (QED) is 0.402. The maximum atomic E-state index is 13.0. The molecule has 0 N–H and O–H groups in total. The van der Waals surface area contributed by atoms with Crippen molar-refractivity contribution < 1.29 is 23.4 Å². The van der Waals surface area contributed by atoms with Crippen LogP contribution in [0.4, 0.5) is 4.39 Å². The zero-order valence-corrected chi connectivity index (χ0v) is 15.5. The first-order valence-corrected chi connectivity index (χ1v) is 8.29. The molecule has 2 aromatic rings. The molecule has 2 aromatic carbocycles. The van der Waals surface area contributed by atoms with Crippen LogP contribution in [0, 0.1) is 9.39 Å². The summed E-state index contributed by atoms with van der Waals surface area (Å²) in [6, 6.07) is 9.15. The van der Waals surface area contributed by atoms with Crippen molar-refractivity contribution in [2.75, 3.05) is 14.2 Å². The van der Waals surface area contributed by atoms with E-state index in [1.165, 1.54) is 24.3 Å². The van der Waals surface area contributed by atoms with Crippen LogP contribution < -0.4 is 9.47 Å². The lowest BCUT2D eigenvalue weighted by Crippen LogP contribution is -2.05. The first kappa shape index (κ1) is 17.4. The Morgan fingerprint density at radius 1 is 1.16 bits per heavy atom. The van der Waals surface area contributed by atoms with E-state index in [1.807, 2.05) is 6.07 Å². The first-order valence-electron chi connectivity index (χ1n) is 7.22. The molecule has 3 rings (SSSR count). The summed E-state index contributed by atoms with van der Waals surface area (Å²) in [5.41, 5.74) is 1.40. The van der Waals surface area contributed by atoms with Gasteiger partial charge in [-0.05, 0) is 70.6 Å². The van der Waals surface area contributed by atoms with Crippen molar-refractivity contribution in [1.29, 1.82) is 0 Å². The molecule has 0 fully saturated rings. The molecule has 128 valence electrons. The third-order valence-corrected chi connectivity index (χ3v) is 4.27. The van der Waals surface area contributed by atoms with E-state index in [2.05, 4.69) is 27.6 Å². The molecule has 0 saturated heterocycles. The lowest BCUT2D eigenvalue weighted by molar-refractivity contribution is -0.129. The fourth-order valence-corrected chi connectivity index (χ4v) is 3.15. The van der Waals surface area contributed by atoms with Gasteiger partial charge in [0.25, 0.3) is 0 Å². The third-order valence-electron chi connectivity index (χ3n) is 3.47. The smallest absolute Gasteiger partial charge is 0.363 e. The molecular formula is C18H13FINO4. The number of halogens is 2. The molecule has 0 saturated carbocycles. The number of benzene rings is 2. The summed E-state index contributed by atoms with van der Waals surface area (Å²) in [4.78, 5) is 16.3. The number of aliphatic imine (C=N–C) groups is 1. The molecule has 7 heteroatoms. The van der Waals surface area contributed by atoms with Crippen molar-refractivity contribution in [2.24, 2.45) is 4.99 Å². The van der Waals surface area contributed by atoms with Crippen molar-refractivity contribution >= 4 is 40.5 Å². The van der Waals surface area contributed by atoms with Gasteiger partial charge in [0.15, 0.2) is 17.2 Å². The van der Waals surface area contributed by atoms with Crippen molar-refractivity contribution in [2.45, 2.75) is 0 Å². The SMILES string of the molecule is COc1cc(C=C2N=C(c3ccc(F)cc3)OC2=O)cc(I)c1OC. The van der Waals surface area contributed by atoms with E-state index < -0.39 is 5.97 Å². The van der Waals surface area contributed by atoms with Crippen molar-refractivity contribution in [3.8, 4) is 11.5 Å². The number of rotatable bonds is 4. The topological polar surface area (TPSA) is 57.1 Å². The third kappa shape index (κ3) is 3.65. The predicted molar refractivity (Wildman–Crippen MR) is 99.3 cm³/mol. The van der Waals surface area contributed by atoms with Crippen LogP contribution in [0.3, 0.4) is 0 Å². The summed E-state index contributed by atoms with van der Waals surface area (Å²) in [6.07, 6.45) is 1.60. The van der Waals surface area contributed by atoms with Gasteiger partial charge in [-0.3, -0.25) is 0 Å². The van der Waals surface area contributed by atoms with Gasteiger partial charge in [0.05, 0.1) is 17.8 Å². The lowest BCUT2D eigenvalue weighted by atomic mass is 10.1. The number of carbonyl (C=O) groups is 1. The van der Waals surface area contributed by atoms with Gasteiger partial charge in [0.1, 0.15) is 5.82 Å². The van der Waals surface area contributed by atoms with Crippen molar-refractivity contribution in [1.82, 2.24) is 0 Å². The molecule has 25 heavy (non-hydrogen) atoms. The van der Waals surface area contributed by atoms with Gasteiger partial charge in [0.2, 0.25) is 5.90 Å². The number of carbonyl (C=O) groups excluding carboxylic acids is 1. The van der Waals surface area contributed by atoms with Crippen LogP contribution >= 0.6 is 22.6 Å². The van der Waals surface area contributed by atoms with Gasteiger partial charge >= 0.3 is 5.97 Å². The van der Waals surface area contributed by atoms with Crippen LogP contribution in [0.2, 0.25) is 0 Å². The van der Waals surface area contributed by atoms with Gasteiger partial charge < -0.3 is 14.2 Å². The molecule has 0 radical (unpaired) electrons. The molecule has 0 aromatic heterocycles. The van der Waals surface area contributed by atoms with Crippen LogP contribution in [-0.4, -0.2) is 26.1 Å². The molecule has 5 nitrogen and oxygen atoms in total. The van der Waals surface area contributed by atoms with E-state index in [4.69, 9.17) is 14.2 Å². The standard InChI is InChI=1S/C18H13FINO4/c1-23-15-9-10(7-13(20)16(15)24-2)8-14-18(22)25-17(21-14)11-3-5-12(19)6-4-11/h3-9H,1-2H3. The summed E-state index contributed by atoms with van der Waals surface area (Å²) in [6.45, 7) is 0. The molecule has 0 bridgehead atoms. The molecule has 0 spiro atoms. The highest BCUT2D eigenvalue weighted by Gasteiger charge is 2.24. The maximum absolute atomic E-state index is 13.0. The number of hydrogen-bond donors (Lipinski definition) is 0. The van der Waals surface area contributed by atoms with Crippen LogP contribution in [0.15, 0.2) is 47.1 Å². The monoisotopic (exact) mass is 453 g/mol. The van der Waals surface area contributed by atoms with E-state index in [0.717, 1.165) is 9.13 Å². The molecule has 0 unspecified atom stereocenters. The van der Waals surface area contributed by atoms with E-state index in [-0.39, 0.29) is 17.4 Å². The van der Waals surface area contributed by atoms with Gasteiger partial charge in [-0.25, -0.2) is 14.2 Å². The largest absolute Gasteiger partial charge is 0.493 e. The Hall–Kier alpha value is -2.42. The highest BCUT2D eigenvalue weighted by atomic mass is 127. The Morgan fingerprint density at radius 2 is 1.88 bits per heavy atom. The summed E-state index contributed by atoms with van der Waals surface area (Å²) in [5.74, 6) is 0.380.